The molecular formula is C48H38O8. The van der Waals surface area contributed by atoms with Crippen LogP contribution < -0.4 is 4.74 Å². The van der Waals surface area contributed by atoms with Crippen molar-refractivity contribution in [2.24, 2.45) is 0 Å². The minimum Gasteiger partial charge on any atom is -0.508 e. The lowest BCUT2D eigenvalue weighted by atomic mass is 9.90. The van der Waals surface area contributed by atoms with Gasteiger partial charge in [0.25, 0.3) is 0 Å². The molecule has 56 heavy (non-hydrogen) atoms. The SMILES string of the molecule is Oc1ccc(Cc2cc3ccc(Oc4cc(O)c(Cc5ccc(O)cc5)c5c(Cc6ccc(O)cc6)c(O)ccc45)cc3c(Cc3ccc(O)cc3)c2O)cc1. The molecule has 0 aliphatic carbocycles. The molecule has 8 nitrogen and oxygen atoms in total. The Morgan fingerprint density at radius 2 is 0.839 bits per heavy atom. The van der Waals surface area contributed by atoms with E-state index in [4.69, 9.17) is 4.74 Å². The Bertz CT molecular complexity index is 2650. The fourth-order valence-electron chi connectivity index (χ4n) is 7.34. The van der Waals surface area contributed by atoms with Crippen LogP contribution in [-0.4, -0.2) is 35.7 Å². The molecule has 0 spiro atoms. The first-order chi connectivity index (χ1) is 27.1. The number of aromatic hydroxyl groups is 7. The number of phenolic OH excluding ortho intramolecular Hbond substituents is 7. The molecule has 0 heterocycles. The lowest BCUT2D eigenvalue weighted by Crippen LogP contribution is -1.99. The van der Waals surface area contributed by atoms with Gasteiger partial charge in [0.05, 0.1) is 0 Å². The van der Waals surface area contributed by atoms with Gasteiger partial charge >= 0.3 is 0 Å². The number of fused-ring (bicyclic) bond motifs is 2. The van der Waals surface area contributed by atoms with E-state index >= 15 is 0 Å². The molecule has 8 rings (SSSR count). The summed E-state index contributed by atoms with van der Waals surface area (Å²) >= 11 is 0. The van der Waals surface area contributed by atoms with E-state index in [1.54, 1.807) is 91.0 Å². The summed E-state index contributed by atoms with van der Waals surface area (Å²) < 4.78 is 6.61. The number of benzene rings is 8. The van der Waals surface area contributed by atoms with Crippen LogP contribution in [0.1, 0.15) is 44.5 Å². The Balaban J connectivity index is 1.25. The van der Waals surface area contributed by atoms with Gasteiger partial charge in [0, 0.05) is 53.8 Å². The van der Waals surface area contributed by atoms with E-state index in [-0.39, 0.29) is 40.2 Å². The van der Waals surface area contributed by atoms with Gasteiger partial charge in [0.2, 0.25) is 0 Å². The van der Waals surface area contributed by atoms with Crippen LogP contribution in [0.2, 0.25) is 0 Å². The van der Waals surface area contributed by atoms with Crippen LogP contribution in [-0.2, 0) is 25.7 Å². The van der Waals surface area contributed by atoms with Gasteiger partial charge in [-0.25, -0.2) is 0 Å². The number of ether oxygens (including phenoxy) is 1. The van der Waals surface area contributed by atoms with Crippen LogP contribution in [0.15, 0.2) is 140 Å². The third kappa shape index (κ3) is 7.41. The summed E-state index contributed by atoms with van der Waals surface area (Å²) in [6, 6.07) is 39.7. The smallest absolute Gasteiger partial charge is 0.138 e. The molecule has 7 N–H and O–H groups in total. The molecule has 8 aromatic carbocycles. The van der Waals surface area contributed by atoms with E-state index in [0.717, 1.165) is 33.0 Å². The zero-order valence-electron chi connectivity index (χ0n) is 30.1. The second-order valence-corrected chi connectivity index (χ2v) is 14.1. The predicted octanol–water partition coefficient (Wildman–Crippen LogP) is 10.1. The Hall–Kier alpha value is -7.32. The highest BCUT2D eigenvalue weighted by Crippen LogP contribution is 2.44. The third-order valence-electron chi connectivity index (χ3n) is 10.2. The predicted molar refractivity (Wildman–Crippen MR) is 217 cm³/mol. The van der Waals surface area contributed by atoms with E-state index in [2.05, 4.69) is 0 Å². The van der Waals surface area contributed by atoms with E-state index < -0.39 is 0 Å². The molecule has 0 amide bonds. The fourth-order valence-corrected chi connectivity index (χ4v) is 7.34. The Morgan fingerprint density at radius 1 is 0.375 bits per heavy atom. The van der Waals surface area contributed by atoms with Gasteiger partial charge in [0.15, 0.2) is 0 Å². The first-order valence-electron chi connectivity index (χ1n) is 18.1. The van der Waals surface area contributed by atoms with Crippen molar-refractivity contribution in [3.63, 3.8) is 0 Å². The molecule has 0 atom stereocenters. The highest BCUT2D eigenvalue weighted by atomic mass is 16.5. The maximum Gasteiger partial charge on any atom is 0.138 e. The standard InChI is InChI=1S/C48H38O8/c49-34-10-1-28(2-11-34)21-33-25-32-9-18-38(26-40(32)41(48(33)55)22-29-3-12-35(50)13-4-29)56-46-27-45(54)43(24-31-7-16-37(52)17-8-31)47-39(46)19-20-44(53)42(47)23-30-5-14-36(51)15-6-30/h1-20,25-27,49-55H,21-24H2. The largest absolute Gasteiger partial charge is 0.508 e. The van der Waals surface area contributed by atoms with Crippen molar-refractivity contribution in [2.45, 2.75) is 25.7 Å². The molecular weight excluding hydrogens is 705 g/mol. The lowest BCUT2D eigenvalue weighted by Gasteiger charge is -2.19. The molecule has 0 aliphatic heterocycles. The van der Waals surface area contributed by atoms with Crippen molar-refractivity contribution in [3.05, 3.63) is 184 Å². The van der Waals surface area contributed by atoms with Crippen LogP contribution in [0, 0.1) is 0 Å². The van der Waals surface area contributed by atoms with Crippen molar-refractivity contribution in [2.75, 3.05) is 0 Å². The van der Waals surface area contributed by atoms with Crippen molar-refractivity contribution in [3.8, 4) is 51.7 Å². The molecule has 8 heteroatoms. The van der Waals surface area contributed by atoms with Crippen LogP contribution in [0.4, 0.5) is 0 Å². The van der Waals surface area contributed by atoms with Crippen molar-refractivity contribution in [1.82, 2.24) is 0 Å². The zero-order valence-corrected chi connectivity index (χ0v) is 30.1. The first kappa shape index (κ1) is 35.7. The van der Waals surface area contributed by atoms with Crippen molar-refractivity contribution < 1.29 is 40.5 Å². The summed E-state index contributed by atoms with van der Waals surface area (Å²) in [5.41, 5.74) is 6.02. The van der Waals surface area contributed by atoms with E-state index in [0.29, 0.717) is 70.2 Å². The minimum absolute atomic E-state index is 0.0385. The molecule has 0 aromatic heterocycles. The lowest BCUT2D eigenvalue weighted by molar-refractivity contribution is 0.454. The summed E-state index contributed by atoms with van der Waals surface area (Å²) in [4.78, 5) is 0. The van der Waals surface area contributed by atoms with E-state index in [1.807, 2.05) is 48.5 Å². The minimum atomic E-state index is -0.0385. The number of hydrogen-bond donors (Lipinski definition) is 7. The van der Waals surface area contributed by atoms with Crippen LogP contribution in [0.25, 0.3) is 21.5 Å². The maximum atomic E-state index is 11.8. The second-order valence-electron chi connectivity index (χ2n) is 14.1. The number of rotatable bonds is 10. The third-order valence-corrected chi connectivity index (χ3v) is 10.2. The first-order valence-corrected chi connectivity index (χ1v) is 18.1. The van der Waals surface area contributed by atoms with E-state index in [1.165, 1.54) is 0 Å². The molecule has 0 saturated heterocycles. The molecule has 278 valence electrons. The second kappa shape index (κ2) is 14.8. The Kier molecular flexibility index (Phi) is 9.46. The molecule has 8 aromatic rings. The average Bonchev–Trinajstić information content (AvgIpc) is 3.19. The average molecular weight is 743 g/mol. The summed E-state index contributed by atoms with van der Waals surface area (Å²) in [6.07, 6.45) is 1.41. The highest BCUT2D eigenvalue weighted by molar-refractivity contribution is 5.98. The highest BCUT2D eigenvalue weighted by Gasteiger charge is 2.21. The zero-order chi connectivity index (χ0) is 38.9. The van der Waals surface area contributed by atoms with Crippen LogP contribution in [0.5, 0.6) is 51.7 Å². The van der Waals surface area contributed by atoms with Gasteiger partial charge in [0.1, 0.15) is 51.7 Å². The molecule has 0 unspecified atom stereocenters. The van der Waals surface area contributed by atoms with Gasteiger partial charge in [-0.1, -0.05) is 54.6 Å². The van der Waals surface area contributed by atoms with E-state index in [9.17, 15) is 35.7 Å². The summed E-state index contributed by atoms with van der Waals surface area (Å²) in [5.74, 6) is 1.50. The monoisotopic (exact) mass is 742 g/mol. The summed E-state index contributed by atoms with van der Waals surface area (Å²) in [5, 5.41) is 77.3. The molecule has 0 fully saturated rings. The topological polar surface area (TPSA) is 151 Å². The van der Waals surface area contributed by atoms with Gasteiger partial charge in [-0.2, -0.15) is 0 Å². The fraction of sp³-hybridized carbons (Fsp3) is 0.0833. The molecule has 0 aliphatic rings. The Labute approximate surface area is 322 Å². The van der Waals surface area contributed by atoms with Gasteiger partial charge in [-0.3, -0.25) is 0 Å². The van der Waals surface area contributed by atoms with Gasteiger partial charge in [-0.15, -0.1) is 0 Å². The Morgan fingerprint density at radius 3 is 1.36 bits per heavy atom. The van der Waals surface area contributed by atoms with Gasteiger partial charge < -0.3 is 40.5 Å². The van der Waals surface area contributed by atoms with Crippen molar-refractivity contribution >= 4 is 21.5 Å². The maximum absolute atomic E-state index is 11.8. The number of hydrogen-bond acceptors (Lipinski definition) is 8. The molecule has 0 bridgehead atoms. The van der Waals surface area contributed by atoms with Crippen molar-refractivity contribution in [1.29, 1.82) is 0 Å². The van der Waals surface area contributed by atoms with Crippen LogP contribution >= 0.6 is 0 Å². The number of phenols is 7. The summed E-state index contributed by atoms with van der Waals surface area (Å²) in [6.45, 7) is 0. The summed E-state index contributed by atoms with van der Waals surface area (Å²) in [7, 11) is 0. The quantitative estimate of drug-likeness (QED) is 0.0732. The normalized spacial score (nSPS) is 11.3. The van der Waals surface area contributed by atoms with Gasteiger partial charge in [-0.05, 0) is 123 Å². The van der Waals surface area contributed by atoms with Crippen LogP contribution in [0.3, 0.4) is 0 Å². The molecule has 0 radical (unpaired) electrons. The molecule has 0 saturated carbocycles.